The third-order valence-electron chi connectivity index (χ3n) is 3.78. The van der Waals surface area contributed by atoms with E-state index in [1.807, 2.05) is 24.3 Å². The Morgan fingerprint density at radius 2 is 2.14 bits per heavy atom. The molecule has 1 heterocycles. The minimum absolute atomic E-state index is 0.0841. The predicted octanol–water partition coefficient (Wildman–Crippen LogP) is 2.18. The van der Waals surface area contributed by atoms with Crippen molar-refractivity contribution in [2.75, 3.05) is 32.1 Å². The van der Waals surface area contributed by atoms with Gasteiger partial charge in [0.15, 0.2) is 0 Å². The summed E-state index contributed by atoms with van der Waals surface area (Å²) in [4.78, 5) is 12.5. The lowest BCUT2D eigenvalue weighted by molar-refractivity contribution is -0.140. The molecule has 1 aromatic rings. The zero-order valence-electron chi connectivity index (χ0n) is 12.8. The van der Waals surface area contributed by atoms with Crippen molar-refractivity contribution in [3.63, 3.8) is 0 Å². The van der Waals surface area contributed by atoms with Gasteiger partial charge < -0.3 is 20.1 Å². The molecular formula is C16H24N2O3. The van der Waals surface area contributed by atoms with Crippen molar-refractivity contribution in [3.8, 4) is 5.75 Å². The Balaban J connectivity index is 2.04. The quantitative estimate of drug-likeness (QED) is 0.844. The van der Waals surface area contributed by atoms with Gasteiger partial charge in [0, 0.05) is 18.9 Å². The molecule has 2 N–H and O–H groups in total. The molecule has 0 saturated carbocycles. The van der Waals surface area contributed by atoms with E-state index in [4.69, 9.17) is 9.47 Å². The normalized spacial score (nSPS) is 17.2. The van der Waals surface area contributed by atoms with Crippen LogP contribution in [0.15, 0.2) is 24.3 Å². The third-order valence-corrected chi connectivity index (χ3v) is 3.78. The van der Waals surface area contributed by atoms with Crippen molar-refractivity contribution < 1.29 is 14.3 Å². The fourth-order valence-electron chi connectivity index (χ4n) is 2.48. The van der Waals surface area contributed by atoms with Gasteiger partial charge in [-0.3, -0.25) is 4.79 Å². The Hall–Kier alpha value is -1.59. The Kier molecular flexibility index (Phi) is 5.59. The number of anilines is 1. The lowest BCUT2D eigenvalue weighted by atomic mass is 9.91. The van der Waals surface area contributed by atoms with Crippen LogP contribution in [-0.2, 0) is 9.53 Å². The molecule has 0 atom stereocenters. The lowest BCUT2D eigenvalue weighted by Gasteiger charge is -2.34. The summed E-state index contributed by atoms with van der Waals surface area (Å²) in [5.74, 6) is 0.686. The van der Waals surface area contributed by atoms with Crippen LogP contribution in [0.5, 0.6) is 5.75 Å². The molecule has 0 radical (unpaired) electrons. The van der Waals surface area contributed by atoms with E-state index < -0.39 is 5.60 Å². The second-order valence-electron chi connectivity index (χ2n) is 5.28. The Labute approximate surface area is 126 Å². The summed E-state index contributed by atoms with van der Waals surface area (Å²) in [6, 6.07) is 7.48. The molecule has 21 heavy (non-hydrogen) atoms. The number of hydrogen-bond acceptors (Lipinski definition) is 4. The number of rotatable bonds is 6. The molecule has 1 aromatic carbocycles. The van der Waals surface area contributed by atoms with E-state index in [0.29, 0.717) is 19.4 Å². The predicted molar refractivity (Wildman–Crippen MR) is 82.7 cm³/mol. The summed E-state index contributed by atoms with van der Waals surface area (Å²) in [5, 5.41) is 6.19. The second kappa shape index (κ2) is 7.43. The molecule has 1 saturated heterocycles. The van der Waals surface area contributed by atoms with Crippen LogP contribution in [0, 0.1) is 0 Å². The average Bonchev–Trinajstić information content (AvgIpc) is 2.54. The van der Waals surface area contributed by atoms with Gasteiger partial charge in [-0.15, -0.1) is 0 Å². The molecule has 5 heteroatoms. The van der Waals surface area contributed by atoms with Crippen molar-refractivity contribution >= 4 is 11.6 Å². The van der Waals surface area contributed by atoms with Gasteiger partial charge in [0.2, 0.25) is 0 Å². The molecule has 1 aliphatic heterocycles. The topological polar surface area (TPSA) is 59.6 Å². The number of methoxy groups -OCH3 is 1. The van der Waals surface area contributed by atoms with Gasteiger partial charge in [0.1, 0.15) is 11.4 Å². The highest BCUT2D eigenvalue weighted by atomic mass is 16.5. The van der Waals surface area contributed by atoms with Crippen molar-refractivity contribution in [2.24, 2.45) is 0 Å². The molecular weight excluding hydrogens is 268 g/mol. The first-order chi connectivity index (χ1) is 10.2. The van der Waals surface area contributed by atoms with Crippen LogP contribution >= 0.6 is 0 Å². The van der Waals surface area contributed by atoms with E-state index in [0.717, 1.165) is 30.9 Å². The monoisotopic (exact) mass is 292 g/mol. The molecule has 0 unspecified atom stereocenters. The summed E-state index contributed by atoms with van der Waals surface area (Å²) in [6.07, 6.45) is 2.32. The van der Waals surface area contributed by atoms with E-state index in [2.05, 4.69) is 17.6 Å². The van der Waals surface area contributed by atoms with E-state index in [1.54, 1.807) is 7.11 Å². The standard InChI is InChI=1S/C16H24N2O3/c1-3-11-21-14-6-4-5-13(12-14)18-15(19)16(20-2)7-9-17-10-8-16/h4-6,12,17H,3,7-11H2,1-2H3,(H,18,19). The molecule has 0 aromatic heterocycles. The van der Waals surface area contributed by atoms with Crippen LogP contribution in [0.1, 0.15) is 26.2 Å². The van der Waals surface area contributed by atoms with Gasteiger partial charge in [-0.2, -0.15) is 0 Å². The van der Waals surface area contributed by atoms with Crippen molar-refractivity contribution in [3.05, 3.63) is 24.3 Å². The number of nitrogens with one attached hydrogen (secondary N) is 2. The number of ether oxygens (including phenoxy) is 2. The largest absolute Gasteiger partial charge is 0.494 e. The molecule has 0 spiro atoms. The minimum Gasteiger partial charge on any atom is -0.494 e. The second-order valence-corrected chi connectivity index (χ2v) is 5.28. The minimum atomic E-state index is -0.731. The van der Waals surface area contributed by atoms with Crippen LogP contribution in [0.3, 0.4) is 0 Å². The van der Waals surface area contributed by atoms with Crippen LogP contribution < -0.4 is 15.4 Å². The van der Waals surface area contributed by atoms with E-state index in [-0.39, 0.29) is 5.91 Å². The van der Waals surface area contributed by atoms with Gasteiger partial charge >= 0.3 is 0 Å². The maximum absolute atomic E-state index is 12.5. The third kappa shape index (κ3) is 3.95. The molecule has 1 aliphatic rings. The highest BCUT2D eigenvalue weighted by Gasteiger charge is 2.39. The smallest absolute Gasteiger partial charge is 0.256 e. The number of hydrogen-bond donors (Lipinski definition) is 2. The zero-order valence-corrected chi connectivity index (χ0v) is 12.8. The molecule has 116 valence electrons. The fourth-order valence-corrected chi connectivity index (χ4v) is 2.48. The molecule has 5 nitrogen and oxygen atoms in total. The first kappa shape index (κ1) is 15.8. The highest BCUT2D eigenvalue weighted by Crippen LogP contribution is 2.25. The maximum Gasteiger partial charge on any atom is 0.256 e. The lowest BCUT2D eigenvalue weighted by Crippen LogP contribution is -2.51. The summed E-state index contributed by atoms with van der Waals surface area (Å²) < 4.78 is 11.1. The first-order valence-electron chi connectivity index (χ1n) is 7.50. The Morgan fingerprint density at radius 3 is 2.81 bits per heavy atom. The summed E-state index contributed by atoms with van der Waals surface area (Å²) in [5.41, 5.74) is 0.00878. The van der Waals surface area contributed by atoms with Crippen LogP contribution in [0.25, 0.3) is 0 Å². The van der Waals surface area contributed by atoms with Gasteiger partial charge in [0.25, 0.3) is 5.91 Å². The Bertz CT molecular complexity index is 470. The average molecular weight is 292 g/mol. The molecule has 1 amide bonds. The number of amides is 1. The van der Waals surface area contributed by atoms with Gasteiger partial charge in [-0.05, 0) is 44.5 Å². The Morgan fingerprint density at radius 1 is 1.38 bits per heavy atom. The SMILES string of the molecule is CCCOc1cccc(NC(=O)C2(OC)CCNCC2)c1. The van der Waals surface area contributed by atoms with Crippen molar-refractivity contribution in [2.45, 2.75) is 31.8 Å². The van der Waals surface area contributed by atoms with Gasteiger partial charge in [0.05, 0.1) is 6.61 Å². The zero-order chi connectivity index (χ0) is 15.1. The first-order valence-corrected chi connectivity index (χ1v) is 7.50. The number of benzene rings is 1. The van der Waals surface area contributed by atoms with Gasteiger partial charge in [-0.25, -0.2) is 0 Å². The molecule has 1 fully saturated rings. The van der Waals surface area contributed by atoms with E-state index in [9.17, 15) is 4.79 Å². The molecule has 0 bridgehead atoms. The van der Waals surface area contributed by atoms with Crippen molar-refractivity contribution in [1.29, 1.82) is 0 Å². The molecule has 0 aliphatic carbocycles. The maximum atomic E-state index is 12.5. The summed E-state index contributed by atoms with van der Waals surface area (Å²) >= 11 is 0. The van der Waals surface area contributed by atoms with Crippen LogP contribution in [0.2, 0.25) is 0 Å². The van der Waals surface area contributed by atoms with E-state index >= 15 is 0 Å². The number of carbonyl (C=O) groups excluding carboxylic acids is 1. The summed E-state index contributed by atoms with van der Waals surface area (Å²) in [6.45, 7) is 4.32. The fraction of sp³-hybridized carbons (Fsp3) is 0.562. The molecule has 2 rings (SSSR count). The van der Waals surface area contributed by atoms with Crippen LogP contribution in [0.4, 0.5) is 5.69 Å². The van der Waals surface area contributed by atoms with Crippen molar-refractivity contribution in [1.82, 2.24) is 5.32 Å². The highest BCUT2D eigenvalue weighted by molar-refractivity contribution is 5.97. The van der Waals surface area contributed by atoms with Crippen LogP contribution in [-0.4, -0.2) is 38.3 Å². The summed E-state index contributed by atoms with van der Waals surface area (Å²) in [7, 11) is 1.60. The number of carbonyl (C=O) groups is 1. The number of piperidine rings is 1. The van der Waals surface area contributed by atoms with Gasteiger partial charge in [-0.1, -0.05) is 13.0 Å². The van der Waals surface area contributed by atoms with E-state index in [1.165, 1.54) is 0 Å².